The van der Waals surface area contributed by atoms with Gasteiger partial charge in [-0.05, 0) is 61.1 Å². The lowest BCUT2D eigenvalue weighted by Gasteiger charge is -2.30. The fraction of sp³-hybridized carbons (Fsp3) is 0.304. The van der Waals surface area contributed by atoms with Crippen molar-refractivity contribution in [3.8, 4) is 0 Å². The van der Waals surface area contributed by atoms with Crippen molar-refractivity contribution in [3.63, 3.8) is 0 Å². The van der Waals surface area contributed by atoms with Gasteiger partial charge in [0.1, 0.15) is 11.4 Å². The Hall–Kier alpha value is -2.80. The van der Waals surface area contributed by atoms with Gasteiger partial charge in [-0.2, -0.15) is 13.2 Å². The Bertz CT molecular complexity index is 1140. The van der Waals surface area contributed by atoms with Gasteiger partial charge in [-0.3, -0.25) is 0 Å². The molecule has 4 nitrogen and oxygen atoms in total. The standard InChI is InChI=1S/C23H20ClF3N2O2/c24-15-8-9-19-16(13-15)17(12-14-6-2-3-7-18(14)23(25,26)27)20(22(30)31)21(28-19)29-10-4-1-5-11-29/h2-3,6-9,13H,1,4-5,10-12H2,(H,30,31). The minimum absolute atomic E-state index is 0.00886. The van der Waals surface area contributed by atoms with Gasteiger partial charge in [-0.1, -0.05) is 29.8 Å². The van der Waals surface area contributed by atoms with E-state index in [1.807, 2.05) is 4.90 Å². The van der Waals surface area contributed by atoms with E-state index in [9.17, 15) is 23.1 Å². The first kappa shape index (κ1) is 21.4. The lowest BCUT2D eigenvalue weighted by atomic mass is 9.92. The molecule has 3 aromatic rings. The maximum atomic E-state index is 13.6. The first-order chi connectivity index (χ1) is 14.8. The highest BCUT2D eigenvalue weighted by atomic mass is 35.5. The van der Waals surface area contributed by atoms with Gasteiger partial charge in [0.15, 0.2) is 0 Å². The molecule has 0 atom stereocenters. The molecule has 1 aromatic heterocycles. The summed E-state index contributed by atoms with van der Waals surface area (Å²) in [6.45, 7) is 1.32. The number of aromatic nitrogens is 1. The lowest BCUT2D eigenvalue weighted by molar-refractivity contribution is -0.138. The van der Waals surface area contributed by atoms with E-state index < -0.39 is 17.7 Å². The number of aromatic carboxylic acids is 1. The molecule has 2 aromatic carbocycles. The summed E-state index contributed by atoms with van der Waals surface area (Å²) < 4.78 is 40.8. The third-order valence-electron chi connectivity index (χ3n) is 5.59. The maximum Gasteiger partial charge on any atom is 0.416 e. The molecule has 1 aliphatic heterocycles. The number of rotatable bonds is 4. The number of carboxylic acids is 1. The van der Waals surface area contributed by atoms with Crippen LogP contribution in [-0.2, 0) is 12.6 Å². The summed E-state index contributed by atoms with van der Waals surface area (Å²) in [5, 5.41) is 10.9. The molecule has 4 rings (SSSR count). The number of carboxylic acid groups (broad SMARTS) is 1. The van der Waals surface area contributed by atoms with Crippen LogP contribution in [-0.4, -0.2) is 29.1 Å². The highest BCUT2D eigenvalue weighted by molar-refractivity contribution is 6.31. The van der Waals surface area contributed by atoms with E-state index >= 15 is 0 Å². The zero-order chi connectivity index (χ0) is 22.2. The topological polar surface area (TPSA) is 53.4 Å². The van der Waals surface area contributed by atoms with Gasteiger partial charge in [-0.25, -0.2) is 9.78 Å². The lowest BCUT2D eigenvalue weighted by Crippen LogP contribution is -2.32. The molecule has 1 aliphatic rings. The Morgan fingerprint density at radius 2 is 1.81 bits per heavy atom. The van der Waals surface area contributed by atoms with Gasteiger partial charge in [0, 0.05) is 23.5 Å². The zero-order valence-electron chi connectivity index (χ0n) is 16.5. The molecule has 31 heavy (non-hydrogen) atoms. The Morgan fingerprint density at radius 3 is 2.48 bits per heavy atom. The van der Waals surface area contributed by atoms with E-state index in [1.165, 1.54) is 18.2 Å². The number of benzene rings is 2. The molecule has 2 heterocycles. The minimum atomic E-state index is -4.55. The van der Waals surface area contributed by atoms with E-state index in [0.717, 1.165) is 25.3 Å². The van der Waals surface area contributed by atoms with Crippen LogP contribution < -0.4 is 4.90 Å². The third-order valence-corrected chi connectivity index (χ3v) is 5.83. The number of anilines is 1. The number of alkyl halides is 3. The highest BCUT2D eigenvalue weighted by Crippen LogP contribution is 2.37. The second kappa shape index (κ2) is 8.38. The predicted molar refractivity (Wildman–Crippen MR) is 114 cm³/mol. The summed E-state index contributed by atoms with van der Waals surface area (Å²) in [6.07, 6.45) is -1.88. The van der Waals surface area contributed by atoms with Crippen molar-refractivity contribution >= 4 is 34.3 Å². The number of hydrogen-bond donors (Lipinski definition) is 1. The Balaban J connectivity index is 1.98. The molecular formula is C23H20ClF3N2O2. The quantitative estimate of drug-likeness (QED) is 0.517. The second-order valence-electron chi connectivity index (χ2n) is 7.63. The highest BCUT2D eigenvalue weighted by Gasteiger charge is 2.34. The van der Waals surface area contributed by atoms with Crippen LogP contribution in [0, 0.1) is 0 Å². The van der Waals surface area contributed by atoms with E-state index in [2.05, 4.69) is 4.98 Å². The van der Waals surface area contributed by atoms with Crippen molar-refractivity contribution in [1.29, 1.82) is 0 Å². The van der Waals surface area contributed by atoms with Crippen molar-refractivity contribution < 1.29 is 23.1 Å². The van der Waals surface area contributed by atoms with Crippen molar-refractivity contribution in [2.75, 3.05) is 18.0 Å². The smallest absolute Gasteiger partial charge is 0.416 e. The predicted octanol–water partition coefficient (Wildman–Crippen LogP) is 6.19. The molecule has 0 amide bonds. The van der Waals surface area contributed by atoms with Gasteiger partial charge in [0.2, 0.25) is 0 Å². The molecule has 1 fully saturated rings. The zero-order valence-corrected chi connectivity index (χ0v) is 17.3. The van der Waals surface area contributed by atoms with Crippen LogP contribution in [0.25, 0.3) is 10.9 Å². The van der Waals surface area contributed by atoms with Crippen LogP contribution in [0.2, 0.25) is 5.02 Å². The number of nitrogens with zero attached hydrogens (tertiary/aromatic N) is 2. The SMILES string of the molecule is O=C(O)c1c(N2CCCCC2)nc2ccc(Cl)cc2c1Cc1ccccc1C(F)(F)F. The fourth-order valence-electron chi connectivity index (χ4n) is 4.17. The van der Waals surface area contributed by atoms with E-state index in [0.29, 0.717) is 34.8 Å². The summed E-state index contributed by atoms with van der Waals surface area (Å²) in [5.41, 5.74) is -0.0344. The first-order valence-electron chi connectivity index (χ1n) is 10.0. The number of halogens is 4. The fourth-order valence-corrected chi connectivity index (χ4v) is 4.34. The minimum Gasteiger partial charge on any atom is -0.478 e. The molecule has 0 saturated carbocycles. The van der Waals surface area contributed by atoms with Crippen LogP contribution >= 0.6 is 11.6 Å². The van der Waals surface area contributed by atoms with E-state index in [4.69, 9.17) is 11.6 Å². The number of carbonyl (C=O) groups is 1. The van der Waals surface area contributed by atoms with Crippen molar-refractivity contribution in [2.24, 2.45) is 0 Å². The molecule has 0 aliphatic carbocycles. The summed E-state index contributed by atoms with van der Waals surface area (Å²) in [5.74, 6) is -0.907. The average molecular weight is 449 g/mol. The van der Waals surface area contributed by atoms with Crippen LogP contribution in [0.3, 0.4) is 0 Å². The van der Waals surface area contributed by atoms with Gasteiger partial charge in [0.05, 0.1) is 11.1 Å². The monoisotopic (exact) mass is 448 g/mol. The molecular weight excluding hydrogens is 429 g/mol. The summed E-state index contributed by atoms with van der Waals surface area (Å²) >= 11 is 6.15. The second-order valence-corrected chi connectivity index (χ2v) is 8.07. The summed E-state index contributed by atoms with van der Waals surface area (Å²) in [7, 11) is 0. The Labute approximate surface area is 182 Å². The maximum absolute atomic E-state index is 13.6. The van der Waals surface area contributed by atoms with E-state index in [1.54, 1.807) is 18.2 Å². The molecule has 0 radical (unpaired) electrons. The van der Waals surface area contributed by atoms with Crippen molar-refractivity contribution in [2.45, 2.75) is 31.9 Å². The molecule has 1 N–H and O–H groups in total. The Kier molecular flexibility index (Phi) is 5.79. The van der Waals surface area contributed by atoms with Gasteiger partial charge in [0.25, 0.3) is 0 Å². The first-order valence-corrected chi connectivity index (χ1v) is 10.4. The van der Waals surface area contributed by atoms with Gasteiger partial charge in [-0.15, -0.1) is 0 Å². The normalized spacial score (nSPS) is 14.8. The number of pyridine rings is 1. The average Bonchev–Trinajstić information content (AvgIpc) is 2.73. The number of piperidine rings is 1. The van der Waals surface area contributed by atoms with Gasteiger partial charge >= 0.3 is 12.1 Å². The molecule has 8 heteroatoms. The Morgan fingerprint density at radius 1 is 1.10 bits per heavy atom. The van der Waals surface area contributed by atoms with Crippen LogP contribution in [0.4, 0.5) is 19.0 Å². The molecule has 0 bridgehead atoms. The summed E-state index contributed by atoms with van der Waals surface area (Å²) in [6, 6.07) is 10.1. The van der Waals surface area contributed by atoms with Crippen molar-refractivity contribution in [1.82, 2.24) is 4.98 Å². The van der Waals surface area contributed by atoms with Gasteiger partial charge < -0.3 is 10.0 Å². The van der Waals surface area contributed by atoms with E-state index in [-0.39, 0.29) is 23.1 Å². The molecule has 0 spiro atoms. The molecule has 162 valence electrons. The number of hydrogen-bond acceptors (Lipinski definition) is 3. The number of fused-ring (bicyclic) bond motifs is 1. The van der Waals surface area contributed by atoms with Crippen LogP contribution in [0.15, 0.2) is 42.5 Å². The largest absolute Gasteiger partial charge is 0.478 e. The molecule has 1 saturated heterocycles. The van der Waals surface area contributed by atoms with Crippen molar-refractivity contribution in [3.05, 3.63) is 69.7 Å². The van der Waals surface area contributed by atoms with Crippen LogP contribution in [0.5, 0.6) is 0 Å². The molecule has 0 unspecified atom stereocenters. The van der Waals surface area contributed by atoms with Crippen LogP contribution in [0.1, 0.15) is 46.3 Å². The summed E-state index contributed by atoms with van der Waals surface area (Å²) in [4.78, 5) is 18.9. The third kappa shape index (κ3) is 4.32.